The van der Waals surface area contributed by atoms with Crippen molar-refractivity contribution < 1.29 is 19.4 Å². The van der Waals surface area contributed by atoms with E-state index >= 15 is 0 Å². The van der Waals surface area contributed by atoms with Crippen LogP contribution in [0.5, 0.6) is 0 Å². The van der Waals surface area contributed by atoms with Crippen molar-refractivity contribution in [1.29, 1.82) is 0 Å². The molecule has 0 aliphatic heterocycles. The third-order valence-electron chi connectivity index (χ3n) is 2.20. The largest absolute Gasteiger partial charge is 0.479 e. The second-order valence-electron chi connectivity index (χ2n) is 2.85. The fourth-order valence-corrected chi connectivity index (χ4v) is 1.14. The predicted octanol–water partition coefficient (Wildman–Crippen LogP) is 1.29. The van der Waals surface area contributed by atoms with Crippen LogP contribution in [-0.4, -0.2) is 37.0 Å². The lowest BCUT2D eigenvalue weighted by molar-refractivity contribution is -0.168. The number of carboxylic acids is 1. The van der Waals surface area contributed by atoms with Crippen LogP contribution in [0.3, 0.4) is 0 Å². The first-order chi connectivity index (χ1) is 6.13. The van der Waals surface area contributed by atoms with Gasteiger partial charge in [0.1, 0.15) is 0 Å². The lowest BCUT2D eigenvalue weighted by Gasteiger charge is -2.26. The van der Waals surface area contributed by atoms with Gasteiger partial charge >= 0.3 is 5.97 Å². The molecule has 0 unspecified atom stereocenters. The van der Waals surface area contributed by atoms with E-state index in [1.807, 2.05) is 13.8 Å². The van der Waals surface area contributed by atoms with Crippen molar-refractivity contribution in [2.45, 2.75) is 32.3 Å². The van der Waals surface area contributed by atoms with E-state index in [-0.39, 0.29) is 0 Å². The number of methoxy groups -OCH3 is 1. The van der Waals surface area contributed by atoms with Crippen molar-refractivity contribution in [2.75, 3.05) is 20.3 Å². The summed E-state index contributed by atoms with van der Waals surface area (Å²) in [5.41, 5.74) is -1.03. The van der Waals surface area contributed by atoms with Crippen molar-refractivity contribution in [1.82, 2.24) is 0 Å². The second-order valence-corrected chi connectivity index (χ2v) is 2.85. The summed E-state index contributed by atoms with van der Waals surface area (Å²) < 4.78 is 10.1. The highest BCUT2D eigenvalue weighted by Crippen LogP contribution is 2.20. The standard InChI is InChI=1S/C9H18O4/c1-4-9(5-2,8(10)11)13-7-6-12-3/h4-7H2,1-3H3,(H,10,11). The van der Waals surface area contributed by atoms with Gasteiger partial charge in [0.25, 0.3) is 0 Å². The highest BCUT2D eigenvalue weighted by atomic mass is 16.5. The van der Waals surface area contributed by atoms with Gasteiger partial charge in [-0.25, -0.2) is 4.79 Å². The Hall–Kier alpha value is -0.610. The van der Waals surface area contributed by atoms with Crippen molar-refractivity contribution >= 4 is 5.97 Å². The molecule has 0 radical (unpaired) electrons. The molecule has 0 fully saturated rings. The Morgan fingerprint density at radius 2 is 1.85 bits per heavy atom. The highest BCUT2D eigenvalue weighted by Gasteiger charge is 2.35. The molecule has 0 spiro atoms. The minimum Gasteiger partial charge on any atom is -0.479 e. The minimum absolute atomic E-state index is 0.324. The van der Waals surface area contributed by atoms with Gasteiger partial charge < -0.3 is 14.6 Å². The number of ether oxygens (including phenoxy) is 2. The third kappa shape index (κ3) is 3.32. The van der Waals surface area contributed by atoms with Gasteiger partial charge in [0.05, 0.1) is 13.2 Å². The van der Waals surface area contributed by atoms with Crippen LogP contribution >= 0.6 is 0 Å². The van der Waals surface area contributed by atoms with E-state index in [1.165, 1.54) is 0 Å². The first-order valence-electron chi connectivity index (χ1n) is 4.49. The Labute approximate surface area is 78.8 Å². The molecule has 0 heterocycles. The van der Waals surface area contributed by atoms with Gasteiger partial charge in [-0.1, -0.05) is 13.8 Å². The van der Waals surface area contributed by atoms with Crippen molar-refractivity contribution in [3.05, 3.63) is 0 Å². The van der Waals surface area contributed by atoms with Crippen LogP contribution in [0, 0.1) is 0 Å². The van der Waals surface area contributed by atoms with Crippen molar-refractivity contribution in [3.8, 4) is 0 Å². The Morgan fingerprint density at radius 3 is 2.15 bits per heavy atom. The number of carbonyl (C=O) groups is 1. The first-order valence-corrected chi connectivity index (χ1v) is 4.49. The van der Waals surface area contributed by atoms with Gasteiger partial charge in [0.15, 0.2) is 5.60 Å². The highest BCUT2D eigenvalue weighted by molar-refractivity contribution is 5.77. The number of hydrogen-bond acceptors (Lipinski definition) is 3. The summed E-state index contributed by atoms with van der Waals surface area (Å²) in [6, 6.07) is 0. The molecule has 0 amide bonds. The summed E-state index contributed by atoms with van der Waals surface area (Å²) in [5, 5.41) is 8.96. The van der Waals surface area contributed by atoms with E-state index in [0.717, 1.165) is 0 Å². The molecule has 78 valence electrons. The Balaban J connectivity index is 4.14. The van der Waals surface area contributed by atoms with E-state index in [1.54, 1.807) is 7.11 Å². The van der Waals surface area contributed by atoms with Gasteiger partial charge in [-0.05, 0) is 12.8 Å². The molecule has 4 nitrogen and oxygen atoms in total. The molecule has 0 bridgehead atoms. The zero-order valence-corrected chi connectivity index (χ0v) is 8.50. The van der Waals surface area contributed by atoms with Gasteiger partial charge in [-0.15, -0.1) is 0 Å². The number of carboxylic acid groups (broad SMARTS) is 1. The molecule has 4 heteroatoms. The Morgan fingerprint density at radius 1 is 1.31 bits per heavy atom. The fourth-order valence-electron chi connectivity index (χ4n) is 1.14. The van der Waals surface area contributed by atoms with Crippen molar-refractivity contribution in [3.63, 3.8) is 0 Å². The molecule has 0 aromatic heterocycles. The lowest BCUT2D eigenvalue weighted by Crippen LogP contribution is -2.41. The molecule has 0 aromatic rings. The summed E-state index contributed by atoms with van der Waals surface area (Å²) in [5.74, 6) is -0.895. The summed E-state index contributed by atoms with van der Waals surface area (Å²) >= 11 is 0. The Kier molecular flexibility index (Phi) is 5.66. The van der Waals surface area contributed by atoms with Crippen LogP contribution in [0.1, 0.15) is 26.7 Å². The summed E-state index contributed by atoms with van der Waals surface area (Å²) in [6.45, 7) is 4.37. The SMILES string of the molecule is CCC(CC)(OCCOC)C(=O)O. The monoisotopic (exact) mass is 190 g/mol. The average Bonchev–Trinajstić information content (AvgIpc) is 2.13. The smallest absolute Gasteiger partial charge is 0.335 e. The quantitative estimate of drug-likeness (QED) is 0.615. The van der Waals surface area contributed by atoms with Crippen molar-refractivity contribution in [2.24, 2.45) is 0 Å². The molecule has 1 N–H and O–H groups in total. The normalized spacial score (nSPS) is 11.6. The van der Waals surface area contributed by atoms with Crippen LogP contribution in [0.25, 0.3) is 0 Å². The molecule has 0 rings (SSSR count). The summed E-state index contributed by atoms with van der Waals surface area (Å²) in [6.07, 6.45) is 0.949. The van der Waals surface area contributed by atoms with Gasteiger partial charge in [-0.2, -0.15) is 0 Å². The van der Waals surface area contributed by atoms with E-state index in [2.05, 4.69) is 0 Å². The fraction of sp³-hybridized carbons (Fsp3) is 0.889. The maximum atomic E-state index is 10.9. The summed E-state index contributed by atoms with van der Waals surface area (Å²) in [4.78, 5) is 10.9. The molecule has 0 aromatic carbocycles. The number of hydrogen-bond donors (Lipinski definition) is 1. The molecule has 0 saturated heterocycles. The van der Waals surface area contributed by atoms with Crippen LogP contribution in [0.15, 0.2) is 0 Å². The van der Waals surface area contributed by atoms with E-state index < -0.39 is 11.6 Å². The summed E-state index contributed by atoms with van der Waals surface area (Å²) in [7, 11) is 1.56. The molecular formula is C9H18O4. The van der Waals surface area contributed by atoms with Crippen LogP contribution < -0.4 is 0 Å². The molecule has 0 saturated carbocycles. The number of rotatable bonds is 7. The first kappa shape index (κ1) is 12.4. The maximum Gasteiger partial charge on any atom is 0.335 e. The van der Waals surface area contributed by atoms with E-state index in [9.17, 15) is 4.79 Å². The molecule has 13 heavy (non-hydrogen) atoms. The average molecular weight is 190 g/mol. The van der Waals surface area contributed by atoms with Crippen LogP contribution in [-0.2, 0) is 14.3 Å². The maximum absolute atomic E-state index is 10.9. The topological polar surface area (TPSA) is 55.8 Å². The van der Waals surface area contributed by atoms with Gasteiger partial charge in [0, 0.05) is 7.11 Å². The Bertz CT molecular complexity index is 152. The molecule has 0 aliphatic rings. The minimum atomic E-state index is -1.03. The molecular weight excluding hydrogens is 172 g/mol. The van der Waals surface area contributed by atoms with Gasteiger partial charge in [-0.3, -0.25) is 0 Å². The van der Waals surface area contributed by atoms with E-state index in [0.29, 0.717) is 26.1 Å². The number of aliphatic carboxylic acids is 1. The zero-order chi connectivity index (χ0) is 10.3. The van der Waals surface area contributed by atoms with E-state index in [4.69, 9.17) is 14.6 Å². The lowest BCUT2D eigenvalue weighted by atomic mass is 9.97. The molecule has 0 atom stereocenters. The van der Waals surface area contributed by atoms with Gasteiger partial charge in [0.2, 0.25) is 0 Å². The predicted molar refractivity (Wildman–Crippen MR) is 48.8 cm³/mol. The third-order valence-corrected chi connectivity index (χ3v) is 2.20. The zero-order valence-electron chi connectivity index (χ0n) is 8.50. The second kappa shape index (κ2) is 5.94. The molecule has 0 aliphatic carbocycles. The van der Waals surface area contributed by atoms with Crippen LogP contribution in [0.4, 0.5) is 0 Å². The van der Waals surface area contributed by atoms with Crippen LogP contribution in [0.2, 0.25) is 0 Å².